The molecule has 0 aliphatic rings. The highest BCUT2D eigenvalue weighted by Gasteiger charge is 2.32. The molecule has 0 saturated carbocycles. The van der Waals surface area contributed by atoms with Crippen molar-refractivity contribution < 1.29 is 9.90 Å². The summed E-state index contributed by atoms with van der Waals surface area (Å²) in [6.45, 7) is 6.73. The second-order valence-corrected chi connectivity index (χ2v) is 5.20. The number of carbonyl (C=O) groups is 1. The number of nitrogens with one attached hydrogen (secondary N) is 1. The van der Waals surface area contributed by atoms with E-state index in [1.54, 1.807) is 6.92 Å². The maximum atomic E-state index is 11.2. The molecular weight excluding hydrogens is 204 g/mol. The van der Waals surface area contributed by atoms with Gasteiger partial charge >= 0.3 is 5.97 Å². The van der Waals surface area contributed by atoms with Crippen molar-refractivity contribution >= 4 is 5.97 Å². The summed E-state index contributed by atoms with van der Waals surface area (Å²) in [5, 5.41) is 12.3. The van der Waals surface area contributed by atoms with E-state index in [0.717, 1.165) is 19.4 Å². The largest absolute Gasteiger partial charge is 0.480 e. The van der Waals surface area contributed by atoms with Crippen LogP contribution < -0.4 is 5.32 Å². The molecule has 0 aromatic heterocycles. The second-order valence-electron chi connectivity index (χ2n) is 5.20. The molecule has 0 heterocycles. The minimum atomic E-state index is -0.791. The number of unbranched alkanes of at least 4 members (excludes halogenated alkanes) is 1. The molecule has 16 heavy (non-hydrogen) atoms. The average molecular weight is 230 g/mol. The molecule has 0 fully saturated rings. The number of hydrogen-bond acceptors (Lipinski definition) is 3. The van der Waals surface area contributed by atoms with Gasteiger partial charge in [0.25, 0.3) is 0 Å². The Balaban J connectivity index is 4.08. The lowest BCUT2D eigenvalue weighted by molar-refractivity contribution is -0.144. The fourth-order valence-corrected chi connectivity index (χ4v) is 1.78. The van der Waals surface area contributed by atoms with Crippen LogP contribution in [0.4, 0.5) is 0 Å². The van der Waals surface area contributed by atoms with Crippen LogP contribution in [0.5, 0.6) is 0 Å². The summed E-state index contributed by atoms with van der Waals surface area (Å²) >= 11 is 0. The van der Waals surface area contributed by atoms with E-state index in [1.165, 1.54) is 0 Å². The maximum absolute atomic E-state index is 11.2. The van der Waals surface area contributed by atoms with Crippen molar-refractivity contribution in [1.82, 2.24) is 10.2 Å². The molecule has 0 aromatic rings. The average Bonchev–Trinajstić information content (AvgIpc) is 2.10. The fraction of sp³-hybridized carbons (Fsp3) is 0.917. The smallest absolute Gasteiger partial charge is 0.323 e. The highest BCUT2D eigenvalue weighted by atomic mass is 16.4. The highest BCUT2D eigenvalue weighted by Crippen LogP contribution is 2.15. The van der Waals surface area contributed by atoms with E-state index in [9.17, 15) is 9.90 Å². The Hall–Kier alpha value is -0.610. The third-order valence-corrected chi connectivity index (χ3v) is 2.61. The Labute approximate surface area is 99.0 Å². The van der Waals surface area contributed by atoms with Crippen molar-refractivity contribution in [2.75, 3.05) is 20.6 Å². The molecule has 2 N–H and O–H groups in total. The van der Waals surface area contributed by atoms with Crippen molar-refractivity contribution in [3.8, 4) is 0 Å². The predicted molar refractivity (Wildman–Crippen MR) is 66.7 cm³/mol. The van der Waals surface area contributed by atoms with Crippen molar-refractivity contribution in [2.45, 2.75) is 51.6 Å². The zero-order valence-corrected chi connectivity index (χ0v) is 11.2. The van der Waals surface area contributed by atoms with Gasteiger partial charge in [0.05, 0.1) is 0 Å². The SMILES string of the molecule is CC(C)NC(C)(CCCCN(C)C)C(=O)O. The molecule has 4 nitrogen and oxygen atoms in total. The standard InChI is InChI=1S/C12H26N2O2/c1-10(2)13-12(3,11(15)16)8-6-7-9-14(4)5/h10,13H,6-9H2,1-5H3,(H,15,16). The van der Waals surface area contributed by atoms with E-state index >= 15 is 0 Å². The topological polar surface area (TPSA) is 52.6 Å². The van der Waals surface area contributed by atoms with Crippen LogP contribution >= 0.6 is 0 Å². The highest BCUT2D eigenvalue weighted by molar-refractivity contribution is 5.78. The van der Waals surface area contributed by atoms with Gasteiger partial charge in [-0.15, -0.1) is 0 Å². The molecule has 0 radical (unpaired) electrons. The molecule has 0 saturated heterocycles. The molecule has 0 amide bonds. The first kappa shape index (κ1) is 15.4. The number of aliphatic carboxylic acids is 1. The Bertz CT molecular complexity index is 217. The van der Waals surface area contributed by atoms with Gasteiger partial charge in [0, 0.05) is 6.04 Å². The lowest BCUT2D eigenvalue weighted by Crippen LogP contribution is -2.52. The van der Waals surface area contributed by atoms with Gasteiger partial charge in [0.1, 0.15) is 5.54 Å². The lowest BCUT2D eigenvalue weighted by atomic mass is 9.94. The van der Waals surface area contributed by atoms with Crippen LogP contribution in [-0.4, -0.2) is 48.2 Å². The summed E-state index contributed by atoms with van der Waals surface area (Å²) in [5.74, 6) is -0.758. The van der Waals surface area contributed by atoms with Crippen LogP contribution in [0, 0.1) is 0 Å². The van der Waals surface area contributed by atoms with Gasteiger partial charge in [0.2, 0.25) is 0 Å². The van der Waals surface area contributed by atoms with E-state index in [2.05, 4.69) is 10.2 Å². The van der Waals surface area contributed by atoms with Crippen LogP contribution in [0.15, 0.2) is 0 Å². The molecule has 1 unspecified atom stereocenters. The van der Waals surface area contributed by atoms with E-state index < -0.39 is 11.5 Å². The summed E-state index contributed by atoms with van der Waals surface area (Å²) in [5.41, 5.74) is -0.791. The Kier molecular flexibility index (Phi) is 6.60. The first-order chi connectivity index (χ1) is 7.28. The summed E-state index contributed by atoms with van der Waals surface area (Å²) < 4.78 is 0. The van der Waals surface area contributed by atoms with Crippen LogP contribution in [-0.2, 0) is 4.79 Å². The fourth-order valence-electron chi connectivity index (χ4n) is 1.78. The first-order valence-corrected chi connectivity index (χ1v) is 5.94. The molecule has 0 bridgehead atoms. The second kappa shape index (κ2) is 6.86. The minimum Gasteiger partial charge on any atom is -0.480 e. The van der Waals surface area contributed by atoms with Crippen molar-refractivity contribution in [1.29, 1.82) is 0 Å². The number of nitrogens with zero attached hydrogens (tertiary/aromatic N) is 1. The van der Waals surface area contributed by atoms with Gasteiger partial charge in [-0.2, -0.15) is 0 Å². The van der Waals surface area contributed by atoms with Crippen LogP contribution in [0.2, 0.25) is 0 Å². The number of carboxylic acids is 1. The van der Waals surface area contributed by atoms with E-state index in [4.69, 9.17) is 0 Å². The number of hydrogen-bond donors (Lipinski definition) is 2. The Morgan fingerprint density at radius 3 is 2.31 bits per heavy atom. The Morgan fingerprint density at radius 2 is 1.94 bits per heavy atom. The molecule has 0 aromatic carbocycles. The molecule has 1 atom stereocenters. The maximum Gasteiger partial charge on any atom is 0.323 e. The van der Waals surface area contributed by atoms with Gasteiger partial charge in [-0.25, -0.2) is 0 Å². The van der Waals surface area contributed by atoms with E-state index in [1.807, 2.05) is 27.9 Å². The van der Waals surface area contributed by atoms with Gasteiger partial charge in [0.15, 0.2) is 0 Å². The normalized spacial score (nSPS) is 15.4. The molecule has 0 spiro atoms. The van der Waals surface area contributed by atoms with E-state index in [-0.39, 0.29) is 6.04 Å². The van der Waals surface area contributed by atoms with Crippen molar-refractivity contribution in [3.63, 3.8) is 0 Å². The van der Waals surface area contributed by atoms with Crippen LogP contribution in [0.1, 0.15) is 40.0 Å². The summed E-state index contributed by atoms with van der Waals surface area (Å²) in [4.78, 5) is 13.3. The number of carboxylic acid groups (broad SMARTS) is 1. The van der Waals surface area contributed by atoms with Gasteiger partial charge in [-0.3, -0.25) is 10.1 Å². The summed E-state index contributed by atoms with van der Waals surface area (Å²) in [6, 6.07) is 0.190. The predicted octanol–water partition coefficient (Wildman–Crippen LogP) is 1.56. The van der Waals surface area contributed by atoms with Gasteiger partial charge in [-0.1, -0.05) is 0 Å². The molecule has 0 rings (SSSR count). The zero-order chi connectivity index (χ0) is 12.8. The van der Waals surface area contributed by atoms with Crippen LogP contribution in [0.25, 0.3) is 0 Å². The van der Waals surface area contributed by atoms with Crippen molar-refractivity contribution in [2.24, 2.45) is 0 Å². The molecule has 0 aliphatic carbocycles. The van der Waals surface area contributed by atoms with Crippen molar-refractivity contribution in [3.05, 3.63) is 0 Å². The minimum absolute atomic E-state index is 0.190. The molecule has 4 heteroatoms. The van der Waals surface area contributed by atoms with Crippen LogP contribution in [0.3, 0.4) is 0 Å². The summed E-state index contributed by atoms with van der Waals surface area (Å²) in [7, 11) is 4.06. The van der Waals surface area contributed by atoms with E-state index in [0.29, 0.717) is 6.42 Å². The monoisotopic (exact) mass is 230 g/mol. The zero-order valence-electron chi connectivity index (χ0n) is 11.2. The van der Waals surface area contributed by atoms with Gasteiger partial charge in [-0.05, 0) is 60.7 Å². The first-order valence-electron chi connectivity index (χ1n) is 5.94. The molecular formula is C12H26N2O2. The molecule has 0 aliphatic heterocycles. The number of rotatable bonds is 8. The summed E-state index contributed by atoms with van der Waals surface area (Å²) in [6.07, 6.45) is 2.64. The lowest BCUT2D eigenvalue weighted by Gasteiger charge is -2.28. The Morgan fingerprint density at radius 1 is 1.38 bits per heavy atom. The third-order valence-electron chi connectivity index (χ3n) is 2.61. The van der Waals surface area contributed by atoms with Gasteiger partial charge < -0.3 is 10.0 Å². The third kappa shape index (κ3) is 6.08. The molecule has 96 valence electrons. The quantitative estimate of drug-likeness (QED) is 0.621.